The fraction of sp³-hybridized carbons (Fsp3) is 0.250. The predicted molar refractivity (Wildman–Crippen MR) is 114 cm³/mol. The highest BCUT2D eigenvalue weighted by Gasteiger charge is 2.27. The van der Waals surface area contributed by atoms with Gasteiger partial charge in [0.25, 0.3) is 5.91 Å². The first-order valence-corrected chi connectivity index (χ1v) is 10.5. The molecule has 1 aliphatic heterocycles. The van der Waals surface area contributed by atoms with Crippen molar-refractivity contribution in [2.24, 2.45) is 0 Å². The van der Waals surface area contributed by atoms with Gasteiger partial charge in [-0.05, 0) is 48.3 Å². The number of carbonyl (C=O) groups excluding carboxylic acids is 1. The Bertz CT molecular complexity index is 1060. The smallest absolute Gasteiger partial charge is 0.420 e. The lowest BCUT2D eigenvalue weighted by atomic mass is 10.1. The minimum atomic E-state index is -3.81. The molecule has 4 rings (SSSR count). The number of amides is 1. The molecular weight excluding hydrogens is 450 g/mol. The molecule has 7 nitrogen and oxygen atoms in total. The van der Waals surface area contributed by atoms with E-state index in [2.05, 4.69) is 19.4 Å². The van der Waals surface area contributed by atoms with E-state index in [1.165, 1.54) is 42.0 Å². The van der Waals surface area contributed by atoms with E-state index in [9.17, 15) is 18.7 Å². The number of benzene rings is 1. The second-order valence-corrected chi connectivity index (χ2v) is 8.02. The van der Waals surface area contributed by atoms with E-state index in [1.807, 2.05) is 10.3 Å². The first-order valence-electron chi connectivity index (χ1n) is 9.28. The van der Waals surface area contributed by atoms with Gasteiger partial charge in [-0.1, -0.05) is 0 Å². The molecule has 1 atom stereocenters. The van der Waals surface area contributed by atoms with Crippen molar-refractivity contribution in [3.63, 3.8) is 0 Å². The molecule has 11 heteroatoms. The maximum atomic E-state index is 12.7. The van der Waals surface area contributed by atoms with Crippen molar-refractivity contribution in [2.45, 2.75) is 18.1 Å². The zero-order valence-electron chi connectivity index (χ0n) is 16.0. The largest absolute Gasteiger partial charge is 0.487 e. The van der Waals surface area contributed by atoms with Gasteiger partial charge in [-0.15, -0.1) is 8.78 Å². The highest BCUT2D eigenvalue weighted by atomic mass is 35.5. The summed E-state index contributed by atoms with van der Waals surface area (Å²) in [5.41, 5.74) is -1.54. The van der Waals surface area contributed by atoms with Crippen molar-refractivity contribution in [1.29, 1.82) is 0 Å². The molecule has 0 aliphatic carbocycles. The summed E-state index contributed by atoms with van der Waals surface area (Å²) in [6.45, 7) is 1.14. The van der Waals surface area contributed by atoms with Gasteiger partial charge >= 0.3 is 5.57 Å². The van der Waals surface area contributed by atoms with Gasteiger partial charge in [0.2, 0.25) is 0 Å². The van der Waals surface area contributed by atoms with E-state index in [0.717, 1.165) is 11.1 Å². The van der Waals surface area contributed by atoms with Gasteiger partial charge in [-0.2, -0.15) is 0 Å². The number of alkyl halides is 3. The third-order valence-electron chi connectivity index (χ3n) is 4.68. The number of β-amino-alcohol motifs (C(OH)–C–C–N with tert-alkyl or cyclic N) is 1. The van der Waals surface area contributed by atoms with Crippen LogP contribution in [0.4, 0.5) is 20.3 Å². The van der Waals surface area contributed by atoms with Crippen molar-refractivity contribution in [3.05, 3.63) is 53.7 Å². The van der Waals surface area contributed by atoms with Crippen molar-refractivity contribution < 1.29 is 23.4 Å². The Morgan fingerprint density at radius 1 is 1.32 bits per heavy atom. The molecule has 3 aromatic rings. The summed E-state index contributed by atoms with van der Waals surface area (Å²) in [6, 6.07) is 7.11. The summed E-state index contributed by atoms with van der Waals surface area (Å²) < 4.78 is 33.8. The van der Waals surface area contributed by atoms with Crippen LogP contribution in [0.3, 0.4) is 0 Å². The van der Waals surface area contributed by atoms with Gasteiger partial charge in [-0.3, -0.25) is 4.79 Å². The van der Waals surface area contributed by atoms with Crippen molar-refractivity contribution in [1.82, 2.24) is 9.36 Å². The highest BCUT2D eigenvalue weighted by Crippen LogP contribution is 2.33. The number of anilines is 2. The standard InChI is InChI=1S/C20H17ClF2N4O3S/c21-20(22,23)30-16-3-1-14(2-4-16)26-19(29)12-7-17(13-9-25-31-11-13)18(24-8-12)27-6-5-15(28)10-27/h1-4,7-9,11,15,28H,5-6,10H2,(H,26,29)/t15-/m1/s1. The number of ether oxygens (including phenoxy) is 1. The Kier molecular flexibility index (Phi) is 6.03. The van der Waals surface area contributed by atoms with Crippen LogP contribution in [-0.4, -0.2) is 45.1 Å². The molecule has 0 saturated carbocycles. The number of carbonyl (C=O) groups is 1. The molecule has 2 N–H and O–H groups in total. The molecule has 1 amide bonds. The minimum Gasteiger partial charge on any atom is -0.420 e. The van der Waals surface area contributed by atoms with Crippen molar-refractivity contribution >= 4 is 40.5 Å². The molecule has 0 unspecified atom stereocenters. The van der Waals surface area contributed by atoms with E-state index in [-0.39, 0.29) is 5.75 Å². The summed E-state index contributed by atoms with van der Waals surface area (Å²) in [5.74, 6) is 0.127. The number of nitrogens with zero attached hydrogens (tertiary/aromatic N) is 3. The maximum Gasteiger partial charge on any atom is 0.487 e. The van der Waals surface area contributed by atoms with Crippen LogP contribution in [0.5, 0.6) is 5.75 Å². The Labute approximate surface area is 185 Å². The lowest BCUT2D eigenvalue weighted by Crippen LogP contribution is -2.23. The van der Waals surface area contributed by atoms with E-state index in [0.29, 0.717) is 36.6 Å². The molecule has 1 aromatic carbocycles. The third kappa shape index (κ3) is 5.27. The van der Waals surface area contributed by atoms with Crippen LogP contribution < -0.4 is 15.0 Å². The molecule has 1 saturated heterocycles. The molecular formula is C20H17ClF2N4O3S. The molecule has 31 heavy (non-hydrogen) atoms. The topological polar surface area (TPSA) is 87.6 Å². The number of hydrogen-bond donors (Lipinski definition) is 2. The second kappa shape index (κ2) is 8.74. The highest BCUT2D eigenvalue weighted by molar-refractivity contribution is 7.03. The summed E-state index contributed by atoms with van der Waals surface area (Å²) >= 11 is 6.03. The van der Waals surface area contributed by atoms with Gasteiger partial charge in [0.05, 0.1) is 11.7 Å². The number of aliphatic hydroxyl groups is 1. The van der Waals surface area contributed by atoms with E-state index >= 15 is 0 Å². The monoisotopic (exact) mass is 466 g/mol. The quantitative estimate of drug-likeness (QED) is 0.529. The van der Waals surface area contributed by atoms with Gasteiger partial charge < -0.3 is 20.1 Å². The number of nitrogens with one attached hydrogen (secondary N) is 1. The van der Waals surface area contributed by atoms with Crippen LogP contribution in [0.25, 0.3) is 11.1 Å². The zero-order valence-corrected chi connectivity index (χ0v) is 17.5. The molecule has 0 radical (unpaired) electrons. The molecule has 1 aliphatic rings. The number of pyridine rings is 1. The van der Waals surface area contributed by atoms with Crippen LogP contribution in [-0.2, 0) is 0 Å². The second-order valence-electron chi connectivity index (χ2n) is 6.92. The summed E-state index contributed by atoms with van der Waals surface area (Å²) in [6.07, 6.45) is 3.40. The number of aromatic nitrogens is 2. The Morgan fingerprint density at radius 3 is 2.71 bits per heavy atom. The molecule has 2 aromatic heterocycles. The van der Waals surface area contributed by atoms with E-state index < -0.39 is 17.6 Å². The van der Waals surface area contributed by atoms with Crippen LogP contribution in [0.15, 0.2) is 48.1 Å². The normalized spacial score (nSPS) is 16.4. The lowest BCUT2D eigenvalue weighted by molar-refractivity contribution is -0.0964. The number of rotatable bonds is 6. The summed E-state index contributed by atoms with van der Waals surface area (Å²) in [7, 11) is 0. The average Bonchev–Trinajstić information content (AvgIpc) is 3.40. The van der Waals surface area contributed by atoms with Crippen LogP contribution in [0.2, 0.25) is 0 Å². The molecule has 3 heterocycles. The average molecular weight is 467 g/mol. The first-order chi connectivity index (χ1) is 14.8. The summed E-state index contributed by atoms with van der Waals surface area (Å²) in [4.78, 5) is 19.2. The summed E-state index contributed by atoms with van der Waals surface area (Å²) in [5, 5.41) is 14.4. The number of aliphatic hydroxyl groups excluding tert-OH is 1. The van der Waals surface area contributed by atoms with Crippen LogP contribution in [0.1, 0.15) is 16.8 Å². The number of hydrogen-bond acceptors (Lipinski definition) is 7. The predicted octanol–water partition coefficient (Wildman–Crippen LogP) is 4.20. The van der Waals surface area contributed by atoms with Crippen molar-refractivity contribution in [2.75, 3.05) is 23.3 Å². The first kappa shape index (κ1) is 21.4. The fourth-order valence-electron chi connectivity index (χ4n) is 3.26. The molecule has 0 spiro atoms. The third-order valence-corrected chi connectivity index (χ3v) is 5.34. The minimum absolute atomic E-state index is 0.135. The van der Waals surface area contributed by atoms with Crippen molar-refractivity contribution in [3.8, 4) is 16.9 Å². The van der Waals surface area contributed by atoms with Gasteiger partial charge in [-0.25, -0.2) is 9.36 Å². The van der Waals surface area contributed by atoms with E-state index in [4.69, 9.17) is 11.6 Å². The lowest BCUT2D eigenvalue weighted by Gasteiger charge is -2.20. The zero-order chi connectivity index (χ0) is 22.0. The van der Waals surface area contributed by atoms with Gasteiger partial charge in [0, 0.05) is 59.3 Å². The Morgan fingerprint density at radius 2 is 2.10 bits per heavy atom. The molecule has 0 bridgehead atoms. The number of halogens is 3. The molecule has 1 fully saturated rings. The maximum absolute atomic E-state index is 12.7. The van der Waals surface area contributed by atoms with Crippen LogP contribution >= 0.6 is 23.1 Å². The van der Waals surface area contributed by atoms with Crippen LogP contribution in [0, 0.1) is 0 Å². The van der Waals surface area contributed by atoms with Gasteiger partial charge in [0.15, 0.2) is 0 Å². The fourth-order valence-corrected chi connectivity index (χ4v) is 3.89. The SMILES string of the molecule is O=C(Nc1ccc(OC(F)(F)Cl)cc1)c1cnc(N2CC[C@@H](O)C2)c(-c2cnsc2)c1. The Balaban J connectivity index is 1.55. The van der Waals surface area contributed by atoms with E-state index in [1.54, 1.807) is 12.3 Å². The molecule has 162 valence electrons. The van der Waals surface area contributed by atoms with Gasteiger partial charge in [0.1, 0.15) is 11.6 Å². The Hall–Kier alpha value is -2.82.